The Bertz CT molecular complexity index is 310. The van der Waals surface area contributed by atoms with E-state index in [1.54, 1.807) is 0 Å². The molecule has 0 saturated carbocycles. The molecule has 0 nitrogen and oxygen atoms in total. The summed E-state index contributed by atoms with van der Waals surface area (Å²) in [5.41, 5.74) is 0.401. The highest BCUT2D eigenvalue weighted by atomic mass is 32.2. The zero-order chi connectivity index (χ0) is 15.8. The third-order valence-electron chi connectivity index (χ3n) is 3.45. The van der Waals surface area contributed by atoms with Gasteiger partial charge in [0, 0.05) is 0 Å². The van der Waals surface area contributed by atoms with Gasteiger partial charge in [0.05, 0.1) is 0 Å². The van der Waals surface area contributed by atoms with Crippen LogP contribution in [0.5, 0.6) is 0 Å². The van der Waals surface area contributed by atoms with Crippen LogP contribution in [0.3, 0.4) is 0 Å². The fourth-order valence-corrected chi connectivity index (χ4v) is 2.85. The highest BCUT2D eigenvalue weighted by Crippen LogP contribution is 2.44. The molecule has 0 spiro atoms. The zero-order valence-corrected chi connectivity index (χ0v) is 15.8. The fraction of sp³-hybridized carbons (Fsp3) is 0.789. The number of hydrogen-bond acceptors (Lipinski definition) is 1. The van der Waals surface area contributed by atoms with E-state index in [4.69, 9.17) is 0 Å². The standard InChI is InChI=1S/C19H36S/c1-9-10-11-12-13-14-15-17(19(6,7)8)20-16(2)18(3,4)5/h15H,2,9-14H2,1,3-8H3/b17-15-. The van der Waals surface area contributed by atoms with Crippen molar-refractivity contribution in [2.75, 3.05) is 0 Å². The molecule has 1 heteroatoms. The molecule has 0 N–H and O–H groups in total. The van der Waals surface area contributed by atoms with Crippen LogP contribution in [0.15, 0.2) is 22.5 Å². The Balaban J connectivity index is 4.47. The van der Waals surface area contributed by atoms with Gasteiger partial charge in [0.1, 0.15) is 0 Å². The fourth-order valence-electron chi connectivity index (χ4n) is 1.77. The molecule has 0 radical (unpaired) electrons. The average molecular weight is 297 g/mol. The Kier molecular flexibility index (Phi) is 8.90. The molecule has 0 aliphatic heterocycles. The van der Waals surface area contributed by atoms with Gasteiger partial charge in [-0.25, -0.2) is 0 Å². The van der Waals surface area contributed by atoms with E-state index in [2.05, 4.69) is 61.1 Å². The first-order valence-corrected chi connectivity index (χ1v) is 8.98. The second kappa shape index (κ2) is 8.97. The van der Waals surface area contributed by atoms with E-state index in [0.29, 0.717) is 0 Å². The smallest absolute Gasteiger partial charge is 0.00718 e. The van der Waals surface area contributed by atoms with E-state index in [0.717, 1.165) is 0 Å². The van der Waals surface area contributed by atoms with Crippen molar-refractivity contribution >= 4 is 11.8 Å². The van der Waals surface area contributed by atoms with Gasteiger partial charge in [-0.1, -0.05) is 98.6 Å². The van der Waals surface area contributed by atoms with Crippen molar-refractivity contribution in [3.63, 3.8) is 0 Å². The van der Waals surface area contributed by atoms with E-state index >= 15 is 0 Å². The largest absolute Gasteiger partial charge is 0.0988 e. The molecule has 0 saturated heterocycles. The molecule has 0 fully saturated rings. The van der Waals surface area contributed by atoms with Gasteiger partial charge in [-0.3, -0.25) is 0 Å². The van der Waals surface area contributed by atoms with Gasteiger partial charge in [0.2, 0.25) is 0 Å². The zero-order valence-electron chi connectivity index (χ0n) is 14.9. The summed E-state index contributed by atoms with van der Waals surface area (Å²) in [4.78, 5) is 2.75. The third kappa shape index (κ3) is 8.89. The normalized spacial score (nSPS) is 13.7. The van der Waals surface area contributed by atoms with Crippen molar-refractivity contribution in [2.24, 2.45) is 10.8 Å². The molecular formula is C19H36S. The van der Waals surface area contributed by atoms with Crippen LogP contribution < -0.4 is 0 Å². The molecule has 0 bridgehead atoms. The second-order valence-corrected chi connectivity index (χ2v) is 8.93. The summed E-state index contributed by atoms with van der Waals surface area (Å²) in [6.07, 6.45) is 10.4. The Labute approximate surface area is 132 Å². The lowest BCUT2D eigenvalue weighted by molar-refractivity contribution is 0.522. The number of rotatable bonds is 8. The molecule has 118 valence electrons. The van der Waals surface area contributed by atoms with Crippen LogP contribution >= 0.6 is 11.8 Å². The predicted octanol–water partition coefficient (Wildman–Crippen LogP) is 7.57. The molecule has 0 atom stereocenters. The summed E-state index contributed by atoms with van der Waals surface area (Å²) in [7, 11) is 0. The first kappa shape index (κ1) is 19.8. The summed E-state index contributed by atoms with van der Waals surface area (Å²) in [6.45, 7) is 20.2. The first-order chi connectivity index (χ1) is 9.09. The highest BCUT2D eigenvalue weighted by Gasteiger charge is 2.23. The van der Waals surface area contributed by atoms with Crippen LogP contribution in [0.25, 0.3) is 0 Å². The Morgan fingerprint density at radius 2 is 1.45 bits per heavy atom. The number of allylic oxidation sites excluding steroid dienone is 3. The van der Waals surface area contributed by atoms with E-state index in [1.165, 1.54) is 48.3 Å². The molecule has 0 aromatic heterocycles. The van der Waals surface area contributed by atoms with E-state index < -0.39 is 0 Å². The topological polar surface area (TPSA) is 0 Å². The van der Waals surface area contributed by atoms with E-state index in [1.807, 2.05) is 11.8 Å². The van der Waals surface area contributed by atoms with Crippen LogP contribution in [0, 0.1) is 10.8 Å². The highest BCUT2D eigenvalue weighted by molar-refractivity contribution is 8.06. The lowest BCUT2D eigenvalue weighted by Crippen LogP contribution is -2.11. The summed E-state index contributed by atoms with van der Waals surface area (Å²) < 4.78 is 0. The van der Waals surface area contributed by atoms with Gasteiger partial charge in [-0.2, -0.15) is 0 Å². The van der Waals surface area contributed by atoms with Crippen molar-refractivity contribution in [2.45, 2.75) is 87.0 Å². The summed E-state index contributed by atoms with van der Waals surface area (Å²) in [5.74, 6) is 0. The lowest BCUT2D eigenvalue weighted by Gasteiger charge is -2.28. The molecule has 0 rings (SSSR count). The average Bonchev–Trinajstić information content (AvgIpc) is 2.29. The Hall–Kier alpha value is -0.170. The van der Waals surface area contributed by atoms with Crippen LogP contribution in [-0.2, 0) is 0 Å². The SMILES string of the molecule is C=C(S/C(=C\CCCCCCC)C(C)(C)C)C(C)(C)C. The van der Waals surface area contributed by atoms with Crippen LogP contribution in [0.2, 0.25) is 0 Å². The predicted molar refractivity (Wildman–Crippen MR) is 97.1 cm³/mol. The second-order valence-electron chi connectivity index (χ2n) is 7.80. The van der Waals surface area contributed by atoms with E-state index in [-0.39, 0.29) is 10.8 Å². The van der Waals surface area contributed by atoms with Crippen LogP contribution in [0.4, 0.5) is 0 Å². The number of hydrogen-bond donors (Lipinski definition) is 0. The quantitative estimate of drug-likeness (QED) is 0.416. The van der Waals surface area contributed by atoms with Crippen molar-refractivity contribution in [1.29, 1.82) is 0 Å². The minimum absolute atomic E-state index is 0.177. The molecule has 0 aromatic carbocycles. The molecule has 0 amide bonds. The van der Waals surface area contributed by atoms with Crippen LogP contribution in [-0.4, -0.2) is 0 Å². The maximum absolute atomic E-state index is 4.27. The van der Waals surface area contributed by atoms with Crippen molar-refractivity contribution in [3.05, 3.63) is 22.5 Å². The van der Waals surface area contributed by atoms with Gasteiger partial charge < -0.3 is 0 Å². The van der Waals surface area contributed by atoms with Gasteiger partial charge in [0.15, 0.2) is 0 Å². The van der Waals surface area contributed by atoms with Gasteiger partial charge in [-0.05, 0) is 33.5 Å². The molecule has 0 unspecified atom stereocenters. The molecular weight excluding hydrogens is 260 g/mol. The Morgan fingerprint density at radius 3 is 1.90 bits per heavy atom. The summed E-state index contributed by atoms with van der Waals surface area (Å²) in [6, 6.07) is 0. The molecule has 0 heterocycles. The number of thioether (sulfide) groups is 1. The monoisotopic (exact) mass is 296 g/mol. The molecule has 0 aliphatic rings. The van der Waals surface area contributed by atoms with Crippen molar-refractivity contribution in [1.82, 2.24) is 0 Å². The van der Waals surface area contributed by atoms with Crippen molar-refractivity contribution < 1.29 is 0 Å². The lowest BCUT2D eigenvalue weighted by atomic mass is 9.95. The Morgan fingerprint density at radius 1 is 0.900 bits per heavy atom. The molecule has 0 aliphatic carbocycles. The first-order valence-electron chi connectivity index (χ1n) is 8.17. The van der Waals surface area contributed by atoms with Crippen LogP contribution in [0.1, 0.15) is 87.0 Å². The van der Waals surface area contributed by atoms with Gasteiger partial charge >= 0.3 is 0 Å². The van der Waals surface area contributed by atoms with Gasteiger partial charge in [-0.15, -0.1) is 0 Å². The maximum Gasteiger partial charge on any atom is -0.00718 e. The van der Waals surface area contributed by atoms with Crippen molar-refractivity contribution in [3.8, 4) is 0 Å². The number of unbranched alkanes of at least 4 members (excludes halogenated alkanes) is 5. The van der Waals surface area contributed by atoms with Gasteiger partial charge in [0.25, 0.3) is 0 Å². The third-order valence-corrected chi connectivity index (χ3v) is 5.30. The van der Waals surface area contributed by atoms with E-state index in [9.17, 15) is 0 Å². The minimum Gasteiger partial charge on any atom is -0.0988 e. The molecule has 0 aromatic rings. The maximum atomic E-state index is 4.27. The summed E-state index contributed by atoms with van der Waals surface area (Å²) in [5, 5.41) is 0. The molecule has 20 heavy (non-hydrogen) atoms. The minimum atomic E-state index is 0.177. The summed E-state index contributed by atoms with van der Waals surface area (Å²) >= 11 is 1.89.